The van der Waals surface area contributed by atoms with Gasteiger partial charge in [-0.1, -0.05) is 0 Å². The van der Waals surface area contributed by atoms with Crippen molar-refractivity contribution in [1.29, 1.82) is 0 Å². The summed E-state index contributed by atoms with van der Waals surface area (Å²) < 4.78 is 10.2. The highest BCUT2D eigenvalue weighted by Gasteiger charge is 2.20. The number of hydrogen-bond donors (Lipinski definition) is 0. The molecule has 0 bridgehead atoms. The molecule has 0 aromatic rings. The second-order valence-corrected chi connectivity index (χ2v) is 1.95. The molecular formula is C6H11NO2. The quantitative estimate of drug-likeness (QED) is 0.552. The minimum atomic E-state index is -0.144. The van der Waals surface area contributed by atoms with Crippen LogP contribution in [0.5, 0.6) is 0 Å². The van der Waals surface area contributed by atoms with Gasteiger partial charge in [0.15, 0.2) is 6.40 Å². The van der Waals surface area contributed by atoms with E-state index in [1.165, 1.54) is 6.40 Å². The van der Waals surface area contributed by atoms with Crippen molar-refractivity contribution in [2.24, 2.45) is 4.99 Å². The average molecular weight is 129 g/mol. The zero-order valence-electron chi connectivity index (χ0n) is 5.70. The minimum absolute atomic E-state index is 0.144. The Hall–Kier alpha value is -0.570. The molecule has 1 aliphatic rings. The maximum Gasteiger partial charge on any atom is 0.223 e. The molecule has 0 fully saturated rings. The van der Waals surface area contributed by atoms with Crippen LogP contribution >= 0.6 is 0 Å². The van der Waals surface area contributed by atoms with Gasteiger partial charge in [-0.25, -0.2) is 4.99 Å². The van der Waals surface area contributed by atoms with Crippen molar-refractivity contribution in [3.8, 4) is 0 Å². The fourth-order valence-electron chi connectivity index (χ4n) is 0.718. The number of rotatable bonds is 2. The van der Waals surface area contributed by atoms with E-state index in [0.717, 1.165) is 0 Å². The lowest BCUT2D eigenvalue weighted by molar-refractivity contribution is -0.0775. The third-order valence-corrected chi connectivity index (χ3v) is 1.22. The van der Waals surface area contributed by atoms with E-state index >= 15 is 0 Å². The van der Waals surface area contributed by atoms with Crippen LogP contribution in [0.1, 0.15) is 13.8 Å². The van der Waals surface area contributed by atoms with Gasteiger partial charge in [-0.2, -0.15) is 0 Å². The van der Waals surface area contributed by atoms with Crippen LogP contribution in [-0.2, 0) is 9.47 Å². The predicted octanol–water partition coefficient (Wildman–Crippen LogP) is 0.796. The van der Waals surface area contributed by atoms with Crippen LogP contribution in [-0.4, -0.2) is 25.3 Å². The van der Waals surface area contributed by atoms with Crippen molar-refractivity contribution in [3.63, 3.8) is 0 Å². The summed E-state index contributed by atoms with van der Waals surface area (Å²) in [5.41, 5.74) is 0. The summed E-state index contributed by atoms with van der Waals surface area (Å²) in [5.74, 6) is 0. The molecule has 9 heavy (non-hydrogen) atoms. The first-order valence-electron chi connectivity index (χ1n) is 3.13. The maximum atomic E-state index is 5.17. The summed E-state index contributed by atoms with van der Waals surface area (Å²) in [6, 6.07) is 0.157. The lowest BCUT2D eigenvalue weighted by atomic mass is 10.3. The van der Waals surface area contributed by atoms with Gasteiger partial charge in [-0.3, -0.25) is 0 Å². The van der Waals surface area contributed by atoms with Crippen LogP contribution in [0.2, 0.25) is 0 Å². The summed E-state index contributed by atoms with van der Waals surface area (Å²) in [7, 11) is 0. The normalized spacial score (nSPS) is 32.7. The van der Waals surface area contributed by atoms with Crippen molar-refractivity contribution in [2.75, 3.05) is 6.61 Å². The highest BCUT2D eigenvalue weighted by Crippen LogP contribution is 2.09. The lowest BCUT2D eigenvalue weighted by Crippen LogP contribution is -2.22. The van der Waals surface area contributed by atoms with Gasteiger partial charge in [0.05, 0.1) is 0 Å². The molecule has 0 amide bonds. The Balaban J connectivity index is 2.28. The smallest absolute Gasteiger partial charge is 0.223 e. The second-order valence-electron chi connectivity index (χ2n) is 1.95. The van der Waals surface area contributed by atoms with E-state index in [0.29, 0.717) is 6.61 Å². The zero-order chi connectivity index (χ0) is 6.69. The second kappa shape index (κ2) is 2.82. The Morgan fingerprint density at radius 2 is 2.56 bits per heavy atom. The molecule has 2 atom stereocenters. The van der Waals surface area contributed by atoms with E-state index < -0.39 is 0 Å². The number of nitrogens with zero attached hydrogens (tertiary/aromatic N) is 1. The van der Waals surface area contributed by atoms with Crippen molar-refractivity contribution in [1.82, 2.24) is 0 Å². The Labute approximate surface area is 54.7 Å². The Kier molecular flexibility index (Phi) is 2.05. The highest BCUT2D eigenvalue weighted by atomic mass is 16.7. The van der Waals surface area contributed by atoms with Crippen molar-refractivity contribution < 1.29 is 9.47 Å². The first-order chi connectivity index (χ1) is 4.34. The van der Waals surface area contributed by atoms with Crippen LogP contribution in [0.3, 0.4) is 0 Å². The van der Waals surface area contributed by atoms with Gasteiger partial charge in [0, 0.05) is 6.61 Å². The minimum Gasteiger partial charge on any atom is -0.452 e. The highest BCUT2D eigenvalue weighted by molar-refractivity contribution is 5.49. The molecule has 3 heteroatoms. The van der Waals surface area contributed by atoms with Crippen molar-refractivity contribution in [3.05, 3.63) is 0 Å². The molecule has 0 radical (unpaired) electrons. The monoisotopic (exact) mass is 129 g/mol. The van der Waals surface area contributed by atoms with Gasteiger partial charge in [0.25, 0.3) is 0 Å². The molecule has 0 saturated heterocycles. The van der Waals surface area contributed by atoms with Gasteiger partial charge in [-0.15, -0.1) is 0 Å². The molecule has 52 valence electrons. The molecule has 1 heterocycles. The lowest BCUT2D eigenvalue weighted by Gasteiger charge is -2.11. The van der Waals surface area contributed by atoms with Gasteiger partial charge >= 0.3 is 0 Å². The molecule has 0 N–H and O–H groups in total. The largest absolute Gasteiger partial charge is 0.452 e. The van der Waals surface area contributed by atoms with Crippen LogP contribution < -0.4 is 0 Å². The third-order valence-electron chi connectivity index (χ3n) is 1.22. The Bertz CT molecular complexity index is 114. The molecule has 0 aromatic heterocycles. The van der Waals surface area contributed by atoms with Crippen LogP contribution in [0.4, 0.5) is 0 Å². The maximum absolute atomic E-state index is 5.17. The van der Waals surface area contributed by atoms with Crippen molar-refractivity contribution >= 4 is 6.40 Å². The van der Waals surface area contributed by atoms with E-state index in [2.05, 4.69) is 4.99 Å². The molecular weight excluding hydrogens is 118 g/mol. The van der Waals surface area contributed by atoms with Gasteiger partial charge in [0.1, 0.15) is 6.04 Å². The molecule has 0 aliphatic carbocycles. The van der Waals surface area contributed by atoms with Crippen LogP contribution in [0, 0.1) is 0 Å². The Morgan fingerprint density at radius 3 is 3.00 bits per heavy atom. The fraction of sp³-hybridized carbons (Fsp3) is 0.833. The van der Waals surface area contributed by atoms with Gasteiger partial charge < -0.3 is 9.47 Å². The van der Waals surface area contributed by atoms with Crippen LogP contribution in [0.15, 0.2) is 4.99 Å². The third kappa shape index (κ3) is 1.42. The van der Waals surface area contributed by atoms with E-state index in [1.807, 2.05) is 13.8 Å². The molecule has 0 aromatic carbocycles. The summed E-state index contributed by atoms with van der Waals surface area (Å²) >= 11 is 0. The molecule has 1 aliphatic heterocycles. The number of aliphatic imine (C=N–C) groups is 1. The fourth-order valence-corrected chi connectivity index (χ4v) is 0.718. The zero-order valence-corrected chi connectivity index (χ0v) is 5.70. The molecule has 2 unspecified atom stereocenters. The number of ether oxygens (including phenoxy) is 2. The van der Waals surface area contributed by atoms with E-state index in [9.17, 15) is 0 Å². The van der Waals surface area contributed by atoms with E-state index in [1.54, 1.807) is 0 Å². The molecule has 0 saturated carbocycles. The molecule has 0 spiro atoms. The standard InChI is InChI=1S/C6H11NO2/c1-3-8-6-5(2)7-4-9-6/h4-6H,3H2,1-2H3. The Morgan fingerprint density at radius 1 is 1.78 bits per heavy atom. The van der Waals surface area contributed by atoms with E-state index in [4.69, 9.17) is 9.47 Å². The number of hydrogen-bond acceptors (Lipinski definition) is 3. The topological polar surface area (TPSA) is 30.8 Å². The molecule has 1 rings (SSSR count). The first-order valence-corrected chi connectivity index (χ1v) is 3.13. The average Bonchev–Trinajstić information content (AvgIpc) is 2.18. The van der Waals surface area contributed by atoms with Crippen LogP contribution in [0.25, 0.3) is 0 Å². The first kappa shape index (κ1) is 6.55. The summed E-state index contributed by atoms with van der Waals surface area (Å²) in [4.78, 5) is 3.96. The van der Waals surface area contributed by atoms with Crippen molar-refractivity contribution in [2.45, 2.75) is 26.2 Å². The SMILES string of the molecule is CCOC1OC=NC1C. The predicted molar refractivity (Wildman–Crippen MR) is 34.5 cm³/mol. The summed E-state index contributed by atoms with van der Waals surface area (Å²) in [6.45, 7) is 4.58. The van der Waals surface area contributed by atoms with Gasteiger partial charge in [-0.05, 0) is 13.8 Å². The van der Waals surface area contributed by atoms with Gasteiger partial charge in [0.2, 0.25) is 6.29 Å². The molecule has 3 nitrogen and oxygen atoms in total. The van der Waals surface area contributed by atoms with E-state index in [-0.39, 0.29) is 12.3 Å². The summed E-state index contributed by atoms with van der Waals surface area (Å²) in [6.07, 6.45) is 1.31. The summed E-state index contributed by atoms with van der Waals surface area (Å²) in [5, 5.41) is 0.